The van der Waals surface area contributed by atoms with Gasteiger partial charge in [0.15, 0.2) is 0 Å². The van der Waals surface area contributed by atoms with E-state index < -0.39 is 39.6 Å². The Morgan fingerprint density at radius 2 is 1.82 bits per heavy atom. The van der Waals surface area contributed by atoms with Gasteiger partial charge in [-0.25, -0.2) is 0 Å². The van der Waals surface area contributed by atoms with Crippen LogP contribution in [0.25, 0.3) is 0 Å². The van der Waals surface area contributed by atoms with Crippen molar-refractivity contribution in [2.24, 2.45) is 5.92 Å². The number of phenols is 1. The fraction of sp³-hybridized carbons (Fsp3) is 0.471. The standard InChI is InChI=1S/C34H42I4O7/c1-21(2)45-29-16-27-24(14-28(29)42-4)15-32(40)38(34(27)23-8-10-25(39)11-9-23)31-18-35-30(17-36-31)37(3)19-22-6-12-26(13-7-22)44-20-33(41)43-5/h8-11,14,16-18,21-22,26,34,39H,6-7,12-13,15,19-20H2,1-5H3. The molecular weight excluding hydrogens is 1030 g/mol. The first-order valence-electron chi connectivity index (χ1n) is 15.0. The van der Waals surface area contributed by atoms with Gasteiger partial charge in [-0.3, -0.25) is 0 Å². The van der Waals surface area contributed by atoms with Gasteiger partial charge in [-0.05, 0) is 0 Å². The van der Waals surface area contributed by atoms with Gasteiger partial charge >= 0.3 is 304 Å². The van der Waals surface area contributed by atoms with E-state index in [9.17, 15) is 14.7 Å². The molecule has 1 fully saturated rings. The fourth-order valence-corrected chi connectivity index (χ4v) is 36.2. The molecule has 1 saturated carbocycles. The summed E-state index contributed by atoms with van der Waals surface area (Å²) in [5, 5.41) is 10.1. The van der Waals surface area contributed by atoms with Crippen LogP contribution in [0.2, 0.25) is 0 Å². The Bertz CT molecular complexity index is 1480. The van der Waals surface area contributed by atoms with Crippen molar-refractivity contribution in [3.05, 3.63) is 58.8 Å². The molecular formula is C34H42I4O7. The molecule has 3 aliphatic rings. The number of methoxy groups -OCH3 is 2. The molecule has 1 aliphatic carbocycles. The third-order valence-corrected chi connectivity index (χ3v) is 37.5. The zero-order chi connectivity index (χ0) is 32.1. The van der Waals surface area contributed by atoms with E-state index in [1.807, 2.05) is 32.0 Å². The second-order valence-corrected chi connectivity index (χ2v) is 31.2. The zero-order valence-electron chi connectivity index (χ0n) is 26.3. The Balaban J connectivity index is 1.35. The Morgan fingerprint density at radius 1 is 1.09 bits per heavy atom. The summed E-state index contributed by atoms with van der Waals surface area (Å²) in [7, 11) is 3.05. The number of carbonyl (C=O) groups excluding carboxylic acids is 2. The number of esters is 1. The molecule has 5 rings (SSSR count). The average Bonchev–Trinajstić information content (AvgIpc) is 3.04. The summed E-state index contributed by atoms with van der Waals surface area (Å²) in [6, 6.07) is 11.6. The van der Waals surface area contributed by atoms with Gasteiger partial charge in [-0.1, -0.05) is 0 Å². The van der Waals surface area contributed by atoms with Crippen molar-refractivity contribution < 1.29 is 33.6 Å². The number of aromatic hydroxyl groups is 1. The Kier molecular flexibility index (Phi) is 13.2. The third kappa shape index (κ3) is 9.08. The number of carbonyl (C=O) groups is 2. The van der Waals surface area contributed by atoms with Gasteiger partial charge in [0.05, 0.1) is 0 Å². The molecule has 0 spiro atoms. The first kappa shape index (κ1) is 35.6. The molecule has 0 saturated heterocycles. The van der Waals surface area contributed by atoms with Crippen LogP contribution in [0.15, 0.2) is 42.1 Å². The predicted octanol–water partition coefficient (Wildman–Crippen LogP) is 8.44. The number of hydrogen-bond acceptors (Lipinski definition) is 7. The molecule has 2 aliphatic heterocycles. The van der Waals surface area contributed by atoms with Gasteiger partial charge < -0.3 is 0 Å². The van der Waals surface area contributed by atoms with E-state index in [0.29, 0.717) is 16.0 Å². The van der Waals surface area contributed by atoms with Crippen LogP contribution in [0.4, 0.5) is 0 Å². The quantitative estimate of drug-likeness (QED) is 0.105. The maximum absolute atomic E-state index is 14.1. The van der Waals surface area contributed by atoms with E-state index in [2.05, 4.69) is 19.1 Å². The Morgan fingerprint density at radius 3 is 2.44 bits per heavy atom. The van der Waals surface area contributed by atoms with Gasteiger partial charge in [0, 0.05) is 0 Å². The Labute approximate surface area is 300 Å². The summed E-state index contributed by atoms with van der Waals surface area (Å²) < 4.78 is 32.7. The molecule has 0 amide bonds. The molecule has 45 heavy (non-hydrogen) atoms. The van der Waals surface area contributed by atoms with E-state index in [1.54, 1.807) is 20.8 Å². The summed E-state index contributed by atoms with van der Waals surface area (Å²) in [5.41, 5.74) is 3.34. The topological polar surface area (TPSA) is 91.3 Å². The minimum atomic E-state index is -2.29. The van der Waals surface area contributed by atoms with E-state index >= 15 is 0 Å². The molecule has 2 aromatic carbocycles. The van der Waals surface area contributed by atoms with Crippen molar-refractivity contribution in [3.8, 4) is 17.2 Å². The first-order valence-corrected chi connectivity index (χ1v) is 27.8. The fourth-order valence-electron chi connectivity index (χ4n) is 5.69. The Hall–Kier alpha value is -0.660. The number of benzene rings is 2. The zero-order valence-corrected chi connectivity index (χ0v) is 34.9. The van der Waals surface area contributed by atoms with Crippen LogP contribution >= 0.6 is 81.1 Å². The van der Waals surface area contributed by atoms with Crippen molar-refractivity contribution >= 4 is 96.4 Å². The molecule has 248 valence electrons. The number of hydrogen-bond donors (Lipinski definition) is 1. The van der Waals surface area contributed by atoms with Gasteiger partial charge in [-0.2, -0.15) is 0 Å². The van der Waals surface area contributed by atoms with Gasteiger partial charge in [0.25, 0.3) is 0 Å². The number of alkyl halides is 3. The molecule has 1 atom stereocenters. The number of halogens is 4. The number of rotatable bonds is 11. The van der Waals surface area contributed by atoms with Crippen LogP contribution in [0.5, 0.6) is 17.2 Å². The number of ether oxygens (including phenoxy) is 4. The summed E-state index contributed by atoms with van der Waals surface area (Å²) in [6.07, 6.45) is 5.07. The molecule has 2 aromatic rings. The number of fused-ring (bicyclic) bond motifs is 1. The van der Waals surface area contributed by atoms with E-state index in [-0.39, 0.29) is 75.9 Å². The maximum atomic E-state index is 14.1. The van der Waals surface area contributed by atoms with Crippen LogP contribution in [-0.4, -0.2) is 62.8 Å². The van der Waals surface area contributed by atoms with Crippen LogP contribution < -0.4 is 9.47 Å². The summed E-state index contributed by atoms with van der Waals surface area (Å²) in [6.45, 7) is 4.09. The van der Waals surface area contributed by atoms with Crippen LogP contribution in [0.3, 0.4) is 0 Å². The van der Waals surface area contributed by atoms with Crippen molar-refractivity contribution in [3.63, 3.8) is 0 Å². The van der Waals surface area contributed by atoms with Gasteiger partial charge in [0.2, 0.25) is 0 Å². The van der Waals surface area contributed by atoms with Crippen LogP contribution in [0.1, 0.15) is 60.1 Å². The molecule has 0 bridgehead atoms. The monoisotopic (exact) mass is 1070 g/mol. The van der Waals surface area contributed by atoms with Crippen molar-refractivity contribution in [1.82, 2.24) is 0 Å². The third-order valence-electron chi connectivity index (χ3n) is 7.91. The van der Waals surface area contributed by atoms with Gasteiger partial charge in [0.1, 0.15) is 0 Å². The SMILES string of the molecule is COC(=O)COC1CCC(CI(C)C2=IC=C(I3C(=O)Cc4cc(OC)c(OC(C)C)cc4C3c3ccc(O)cc3)I=C2)CC1. The number of phenolic OH excluding ortho intramolecular Hbond substituents is 1. The first-order chi connectivity index (χ1) is 21.7. The van der Waals surface area contributed by atoms with E-state index in [1.165, 1.54) is 31.5 Å². The summed E-state index contributed by atoms with van der Waals surface area (Å²) in [4.78, 5) is 28.0. The predicted molar refractivity (Wildman–Crippen MR) is 217 cm³/mol. The van der Waals surface area contributed by atoms with Crippen LogP contribution in [0, 0.1) is 5.92 Å². The van der Waals surface area contributed by atoms with E-state index in [0.717, 1.165) is 35.6 Å². The van der Waals surface area contributed by atoms with Crippen molar-refractivity contribution in [2.45, 2.75) is 62.1 Å². The van der Waals surface area contributed by atoms with Crippen molar-refractivity contribution in [1.29, 1.82) is 0 Å². The minimum absolute atomic E-state index is 0.00534. The van der Waals surface area contributed by atoms with E-state index in [4.69, 9.17) is 18.9 Å². The second kappa shape index (κ2) is 16.6. The molecule has 0 aromatic heterocycles. The summed E-state index contributed by atoms with van der Waals surface area (Å²) in [5.74, 6) is 2.10. The summed E-state index contributed by atoms with van der Waals surface area (Å²) >= 11 is -4.03. The molecule has 11 heteroatoms. The van der Waals surface area contributed by atoms with Crippen molar-refractivity contribution in [2.75, 3.05) is 30.2 Å². The molecule has 1 N–H and O–H groups in total. The second-order valence-electron chi connectivity index (χ2n) is 11.5. The van der Waals surface area contributed by atoms with Crippen LogP contribution in [-0.2, 0) is 25.5 Å². The molecule has 7 nitrogen and oxygen atoms in total. The normalized spacial score (nSPS) is 22.7. The molecule has 0 radical (unpaired) electrons. The average molecular weight is 1070 g/mol. The van der Waals surface area contributed by atoms with Gasteiger partial charge in [-0.15, -0.1) is 0 Å². The molecule has 1 unspecified atom stereocenters. The molecule has 2 heterocycles.